The number of benzene rings is 3. The molecule has 3 aromatic carbocycles. The van der Waals surface area contributed by atoms with Gasteiger partial charge in [-0.2, -0.15) is 0 Å². The van der Waals surface area contributed by atoms with Crippen LogP contribution in [0.15, 0.2) is 76.1 Å². The van der Waals surface area contributed by atoms with E-state index in [0.717, 1.165) is 5.56 Å². The van der Waals surface area contributed by atoms with Gasteiger partial charge in [0.25, 0.3) is 5.91 Å². The Labute approximate surface area is 211 Å². The van der Waals surface area contributed by atoms with Crippen LogP contribution in [0.5, 0.6) is 0 Å². The number of hydrogen-bond acceptors (Lipinski definition) is 4. The summed E-state index contributed by atoms with van der Waals surface area (Å²) in [5.74, 6) is 0.320. The van der Waals surface area contributed by atoms with Crippen LogP contribution in [0.25, 0.3) is 11.5 Å². The topological polar surface area (TPSA) is 58.7 Å². The Bertz CT molecular complexity index is 1480. The summed E-state index contributed by atoms with van der Waals surface area (Å²) in [6, 6.07) is 18.0. The lowest BCUT2D eigenvalue weighted by molar-refractivity contribution is -0.119. The number of benzodiazepines with no additional fused rings is 1. The second-order valence-electron chi connectivity index (χ2n) is 8.25. The third kappa shape index (κ3) is 4.47. The van der Waals surface area contributed by atoms with Crippen molar-refractivity contribution in [3.05, 3.63) is 105 Å². The first kappa shape index (κ1) is 23.3. The van der Waals surface area contributed by atoms with Crippen molar-refractivity contribution in [2.75, 3.05) is 4.90 Å². The molecule has 0 fully saturated rings. The van der Waals surface area contributed by atoms with Crippen molar-refractivity contribution in [3.8, 4) is 11.5 Å². The highest BCUT2D eigenvalue weighted by Crippen LogP contribution is 2.33. The van der Waals surface area contributed by atoms with Crippen molar-refractivity contribution >= 4 is 40.5 Å². The summed E-state index contributed by atoms with van der Waals surface area (Å²) in [6.07, 6.45) is 0. The highest BCUT2D eigenvalue weighted by Gasteiger charge is 2.32. The number of aliphatic imine (C=N–C) groups is 1. The van der Waals surface area contributed by atoms with Crippen molar-refractivity contribution in [2.24, 2.45) is 4.99 Å². The third-order valence-electron chi connectivity index (χ3n) is 5.85. The molecule has 0 aliphatic carbocycles. The van der Waals surface area contributed by atoms with E-state index >= 15 is 0 Å². The van der Waals surface area contributed by atoms with Crippen LogP contribution in [0.4, 0.5) is 10.1 Å². The zero-order chi connectivity index (χ0) is 24.7. The average molecular weight is 508 g/mol. The Kier molecular flexibility index (Phi) is 6.17. The summed E-state index contributed by atoms with van der Waals surface area (Å²) >= 11 is 12.4. The van der Waals surface area contributed by atoms with Gasteiger partial charge in [0.1, 0.15) is 23.3 Å². The van der Waals surface area contributed by atoms with Crippen LogP contribution in [-0.4, -0.2) is 22.6 Å². The third-order valence-corrected chi connectivity index (χ3v) is 6.32. The van der Waals surface area contributed by atoms with E-state index in [0.29, 0.717) is 49.9 Å². The lowest BCUT2D eigenvalue weighted by Crippen LogP contribution is -2.36. The molecule has 35 heavy (non-hydrogen) atoms. The molecule has 5 rings (SSSR count). The van der Waals surface area contributed by atoms with Crippen LogP contribution in [0.2, 0.25) is 10.0 Å². The number of amides is 1. The van der Waals surface area contributed by atoms with Gasteiger partial charge >= 0.3 is 0 Å². The minimum absolute atomic E-state index is 0.147. The van der Waals surface area contributed by atoms with Crippen molar-refractivity contribution < 1.29 is 13.6 Å². The number of oxazole rings is 1. The summed E-state index contributed by atoms with van der Waals surface area (Å²) in [4.78, 5) is 24.4. The summed E-state index contributed by atoms with van der Waals surface area (Å²) in [5.41, 5.74) is 3.14. The summed E-state index contributed by atoms with van der Waals surface area (Å²) in [5, 5.41) is 1.02. The number of rotatable bonds is 4. The monoisotopic (exact) mass is 507 g/mol. The predicted molar refractivity (Wildman–Crippen MR) is 136 cm³/mol. The van der Waals surface area contributed by atoms with Gasteiger partial charge in [0, 0.05) is 26.7 Å². The number of fused-ring (bicyclic) bond motifs is 1. The minimum atomic E-state index is -0.754. The zero-order valence-electron chi connectivity index (χ0n) is 18.9. The predicted octanol–water partition coefficient (Wildman–Crippen LogP) is 6.87. The number of nitrogens with zero attached hydrogens (tertiary/aromatic N) is 3. The molecule has 0 spiro atoms. The fourth-order valence-electron chi connectivity index (χ4n) is 4.10. The average Bonchev–Trinajstić information content (AvgIpc) is 3.17. The Morgan fingerprint density at radius 3 is 2.54 bits per heavy atom. The van der Waals surface area contributed by atoms with E-state index in [4.69, 9.17) is 27.6 Å². The Morgan fingerprint density at radius 2 is 1.77 bits per heavy atom. The Morgan fingerprint density at radius 1 is 1.00 bits per heavy atom. The quantitative estimate of drug-likeness (QED) is 0.302. The van der Waals surface area contributed by atoms with E-state index in [9.17, 15) is 9.18 Å². The van der Waals surface area contributed by atoms with Crippen LogP contribution in [0.1, 0.15) is 29.5 Å². The van der Waals surface area contributed by atoms with E-state index in [2.05, 4.69) is 9.98 Å². The molecule has 0 bridgehead atoms. The second-order valence-corrected chi connectivity index (χ2v) is 9.12. The van der Waals surface area contributed by atoms with Gasteiger partial charge in [0.2, 0.25) is 5.89 Å². The van der Waals surface area contributed by atoms with Gasteiger partial charge in [-0.15, -0.1) is 0 Å². The number of carbonyl (C=O) groups is 1. The molecule has 176 valence electrons. The van der Waals surface area contributed by atoms with Crippen LogP contribution in [0, 0.1) is 12.7 Å². The zero-order valence-corrected chi connectivity index (χ0v) is 20.4. The van der Waals surface area contributed by atoms with E-state index < -0.39 is 11.9 Å². The standard InChI is InChI=1S/C27H20Cl2FN3O2/c1-15-27(34)33(14-23-16(2)35-26(32-23)17-6-5-7-18(28)12-17)24-11-10-19(29)13-21(24)25(31-15)20-8-3-4-9-22(20)30/h3-13,15H,14H2,1-2H3/t15-/m0/s1. The minimum Gasteiger partial charge on any atom is -0.441 e. The van der Waals surface area contributed by atoms with Crippen LogP contribution in [-0.2, 0) is 11.3 Å². The Balaban J connectivity index is 1.60. The highest BCUT2D eigenvalue weighted by atomic mass is 35.5. The summed E-state index contributed by atoms with van der Waals surface area (Å²) < 4.78 is 20.7. The first-order chi connectivity index (χ1) is 16.8. The Hall–Kier alpha value is -3.48. The van der Waals surface area contributed by atoms with Gasteiger partial charge in [-0.3, -0.25) is 9.79 Å². The maximum Gasteiger partial charge on any atom is 0.251 e. The molecule has 1 aliphatic rings. The number of anilines is 1. The van der Waals surface area contributed by atoms with Gasteiger partial charge < -0.3 is 9.32 Å². The number of aromatic nitrogens is 1. The van der Waals surface area contributed by atoms with E-state index in [1.165, 1.54) is 6.07 Å². The number of carbonyl (C=O) groups excluding carboxylic acids is 1. The van der Waals surface area contributed by atoms with Gasteiger partial charge in [0.15, 0.2) is 0 Å². The molecule has 0 N–H and O–H groups in total. The molecular formula is C27H20Cl2FN3O2. The van der Waals surface area contributed by atoms with Gasteiger partial charge in [0.05, 0.1) is 17.9 Å². The SMILES string of the molecule is Cc1oc(-c2cccc(Cl)c2)nc1CN1C(=O)[C@H](C)N=C(c2ccccc2F)c2cc(Cl)ccc21. The van der Waals surface area contributed by atoms with Crippen molar-refractivity contribution in [1.29, 1.82) is 0 Å². The number of hydrogen-bond donors (Lipinski definition) is 0. The molecule has 0 radical (unpaired) electrons. The lowest BCUT2D eigenvalue weighted by Gasteiger charge is -2.24. The molecule has 1 amide bonds. The second kappa shape index (κ2) is 9.29. The molecule has 5 nitrogen and oxygen atoms in total. The van der Waals surface area contributed by atoms with E-state index in [1.807, 2.05) is 12.1 Å². The first-order valence-corrected chi connectivity index (χ1v) is 11.7. The van der Waals surface area contributed by atoms with Gasteiger partial charge in [-0.05, 0) is 62.4 Å². The fourth-order valence-corrected chi connectivity index (χ4v) is 4.46. The highest BCUT2D eigenvalue weighted by molar-refractivity contribution is 6.32. The smallest absolute Gasteiger partial charge is 0.251 e. The molecule has 8 heteroatoms. The molecule has 0 saturated heterocycles. The fraction of sp³-hybridized carbons (Fsp3) is 0.148. The summed E-state index contributed by atoms with van der Waals surface area (Å²) in [7, 11) is 0. The molecule has 2 heterocycles. The van der Waals surface area contributed by atoms with Gasteiger partial charge in [-0.1, -0.05) is 41.4 Å². The summed E-state index contributed by atoms with van der Waals surface area (Å²) in [6.45, 7) is 3.64. The lowest BCUT2D eigenvalue weighted by atomic mass is 9.99. The normalized spacial score (nSPS) is 15.6. The number of halogens is 3. The van der Waals surface area contributed by atoms with Crippen LogP contribution in [0.3, 0.4) is 0 Å². The first-order valence-electron chi connectivity index (χ1n) is 11.0. The van der Waals surface area contributed by atoms with E-state index in [1.54, 1.807) is 67.3 Å². The molecular weight excluding hydrogens is 488 g/mol. The van der Waals surface area contributed by atoms with Crippen molar-refractivity contribution in [1.82, 2.24) is 4.98 Å². The molecule has 0 unspecified atom stereocenters. The largest absolute Gasteiger partial charge is 0.441 e. The molecule has 4 aromatic rings. The van der Waals surface area contributed by atoms with Crippen molar-refractivity contribution in [3.63, 3.8) is 0 Å². The molecule has 1 atom stereocenters. The van der Waals surface area contributed by atoms with Crippen molar-refractivity contribution in [2.45, 2.75) is 26.4 Å². The van der Waals surface area contributed by atoms with E-state index in [-0.39, 0.29) is 12.5 Å². The van der Waals surface area contributed by atoms with Crippen LogP contribution < -0.4 is 4.90 Å². The molecule has 0 saturated carbocycles. The van der Waals surface area contributed by atoms with Gasteiger partial charge in [-0.25, -0.2) is 9.37 Å². The van der Waals surface area contributed by atoms with Crippen LogP contribution >= 0.6 is 23.2 Å². The molecule has 1 aliphatic heterocycles. The molecule has 1 aromatic heterocycles. The maximum atomic E-state index is 14.8. The number of aryl methyl sites for hydroxylation is 1. The maximum absolute atomic E-state index is 14.8.